The van der Waals surface area contributed by atoms with E-state index < -0.39 is 6.29 Å². The lowest BCUT2D eigenvalue weighted by molar-refractivity contribution is -0.212. The number of rotatable bonds is 8. The van der Waals surface area contributed by atoms with Gasteiger partial charge in [0.25, 0.3) is 0 Å². The van der Waals surface area contributed by atoms with Gasteiger partial charge in [-0.15, -0.1) is 0 Å². The molecule has 1 aliphatic rings. The van der Waals surface area contributed by atoms with Gasteiger partial charge in [0.05, 0.1) is 18.8 Å². The molecule has 0 aromatic heterocycles. The van der Waals surface area contributed by atoms with E-state index >= 15 is 0 Å². The molecule has 0 spiro atoms. The highest BCUT2D eigenvalue weighted by Crippen LogP contribution is 2.28. The molecule has 1 aliphatic heterocycles. The molecule has 2 rings (SSSR count). The van der Waals surface area contributed by atoms with Crippen LogP contribution in [-0.4, -0.2) is 18.8 Å². The van der Waals surface area contributed by atoms with Crippen LogP contribution >= 0.6 is 0 Å². The molecule has 1 aromatic carbocycles. The number of unbranched alkanes of at least 4 members (excludes halogenated alkanes) is 4. The number of allylic oxidation sites excluding steroid dienone is 1. The van der Waals surface area contributed by atoms with E-state index in [9.17, 15) is 0 Å². The van der Waals surface area contributed by atoms with Crippen LogP contribution in [0.5, 0.6) is 0 Å². The Hall–Kier alpha value is -1.81. The van der Waals surface area contributed by atoms with E-state index in [1.54, 1.807) is 0 Å². The van der Waals surface area contributed by atoms with Crippen LogP contribution in [-0.2, 0) is 9.47 Å². The Labute approximate surface area is 137 Å². The normalized spacial score (nSPS) is 24.5. The molecule has 1 saturated heterocycles. The van der Waals surface area contributed by atoms with Crippen LogP contribution in [0.15, 0.2) is 47.6 Å². The standard InChI is InChI=1S/C18H25N3O2/c1-2-3-4-5-6-10-13-17-16(20-21-19)14-22-18(23-17)15-11-8-7-9-12-15/h7-13,16-18H,2-6,14H2,1H3/t16?,17-,18?/m1/s1. The highest BCUT2D eigenvalue weighted by Gasteiger charge is 2.30. The van der Waals surface area contributed by atoms with Crippen LogP contribution in [0.4, 0.5) is 0 Å². The number of hydrogen-bond donors (Lipinski definition) is 0. The number of hydrogen-bond acceptors (Lipinski definition) is 3. The molecule has 1 aromatic rings. The van der Waals surface area contributed by atoms with Gasteiger partial charge in [0.15, 0.2) is 6.29 Å². The fourth-order valence-corrected chi connectivity index (χ4v) is 2.60. The zero-order valence-electron chi connectivity index (χ0n) is 13.7. The first-order valence-electron chi connectivity index (χ1n) is 8.38. The zero-order chi connectivity index (χ0) is 16.3. The van der Waals surface area contributed by atoms with Gasteiger partial charge in [-0.1, -0.05) is 73.8 Å². The Kier molecular flexibility index (Phi) is 7.67. The molecule has 0 radical (unpaired) electrons. The summed E-state index contributed by atoms with van der Waals surface area (Å²) in [6.45, 7) is 2.58. The van der Waals surface area contributed by atoms with Gasteiger partial charge < -0.3 is 9.47 Å². The SMILES string of the molecule is CCCCCCC=C[C@H]1OC(c2ccccc2)OCC1N=[N+]=[N-]. The van der Waals surface area contributed by atoms with Crippen molar-refractivity contribution in [2.45, 2.75) is 57.5 Å². The summed E-state index contributed by atoms with van der Waals surface area (Å²) in [4.78, 5) is 2.91. The van der Waals surface area contributed by atoms with Crippen molar-refractivity contribution in [3.05, 3.63) is 58.5 Å². The lowest BCUT2D eigenvalue weighted by atomic mass is 10.1. The van der Waals surface area contributed by atoms with E-state index in [-0.39, 0.29) is 12.1 Å². The highest BCUT2D eigenvalue weighted by molar-refractivity contribution is 5.17. The first kappa shape index (κ1) is 17.5. The minimum absolute atomic E-state index is 0.240. The van der Waals surface area contributed by atoms with Gasteiger partial charge in [0.1, 0.15) is 0 Å². The number of nitrogens with zero attached hydrogens (tertiary/aromatic N) is 3. The van der Waals surface area contributed by atoms with Crippen molar-refractivity contribution in [1.82, 2.24) is 0 Å². The molecule has 0 N–H and O–H groups in total. The largest absolute Gasteiger partial charge is 0.348 e. The molecule has 0 amide bonds. The Morgan fingerprint density at radius 3 is 2.83 bits per heavy atom. The molecule has 0 saturated carbocycles. The van der Waals surface area contributed by atoms with Crippen LogP contribution in [0, 0.1) is 0 Å². The number of benzene rings is 1. The second-order valence-corrected chi connectivity index (χ2v) is 5.73. The fourth-order valence-electron chi connectivity index (χ4n) is 2.60. The molecule has 1 fully saturated rings. The third-order valence-electron chi connectivity index (χ3n) is 3.90. The summed E-state index contributed by atoms with van der Waals surface area (Å²) in [5.41, 5.74) is 9.69. The molecule has 5 nitrogen and oxygen atoms in total. The lowest BCUT2D eigenvalue weighted by Gasteiger charge is -2.33. The van der Waals surface area contributed by atoms with E-state index in [0.29, 0.717) is 6.61 Å². The maximum Gasteiger partial charge on any atom is 0.184 e. The van der Waals surface area contributed by atoms with Crippen molar-refractivity contribution in [1.29, 1.82) is 0 Å². The van der Waals surface area contributed by atoms with Crippen molar-refractivity contribution in [3.8, 4) is 0 Å². The van der Waals surface area contributed by atoms with Crippen LogP contribution in [0.3, 0.4) is 0 Å². The van der Waals surface area contributed by atoms with E-state index in [2.05, 4.69) is 23.0 Å². The minimum atomic E-state index is -0.406. The van der Waals surface area contributed by atoms with Gasteiger partial charge in [-0.25, -0.2) is 0 Å². The summed E-state index contributed by atoms with van der Waals surface area (Å²) in [6.07, 6.45) is 9.48. The van der Waals surface area contributed by atoms with E-state index in [1.165, 1.54) is 25.7 Å². The second-order valence-electron chi connectivity index (χ2n) is 5.73. The van der Waals surface area contributed by atoms with Crippen molar-refractivity contribution in [2.24, 2.45) is 5.11 Å². The predicted molar refractivity (Wildman–Crippen MR) is 90.8 cm³/mol. The first-order chi connectivity index (χ1) is 11.3. The summed E-state index contributed by atoms with van der Waals surface area (Å²) in [5, 5.41) is 3.80. The number of ether oxygens (including phenoxy) is 2. The Bertz CT molecular complexity index is 526. The van der Waals surface area contributed by atoms with Gasteiger partial charge in [-0.05, 0) is 18.4 Å². The fraction of sp³-hybridized carbons (Fsp3) is 0.556. The lowest BCUT2D eigenvalue weighted by Crippen LogP contribution is -2.37. The van der Waals surface area contributed by atoms with Gasteiger partial charge in [0.2, 0.25) is 0 Å². The van der Waals surface area contributed by atoms with Crippen LogP contribution in [0.25, 0.3) is 10.4 Å². The molecular formula is C18H25N3O2. The Morgan fingerprint density at radius 1 is 1.26 bits per heavy atom. The maximum atomic E-state index is 8.71. The molecule has 23 heavy (non-hydrogen) atoms. The summed E-state index contributed by atoms with van der Waals surface area (Å²) in [7, 11) is 0. The summed E-state index contributed by atoms with van der Waals surface area (Å²) < 4.78 is 11.7. The molecule has 0 aliphatic carbocycles. The molecule has 2 unspecified atom stereocenters. The topological polar surface area (TPSA) is 67.2 Å². The smallest absolute Gasteiger partial charge is 0.184 e. The third-order valence-corrected chi connectivity index (χ3v) is 3.90. The second kappa shape index (κ2) is 10.1. The van der Waals surface area contributed by atoms with Gasteiger partial charge in [-0.2, -0.15) is 0 Å². The quantitative estimate of drug-likeness (QED) is 0.214. The van der Waals surface area contributed by atoms with Crippen molar-refractivity contribution >= 4 is 0 Å². The molecule has 5 heteroatoms. The molecule has 1 heterocycles. The van der Waals surface area contributed by atoms with Crippen molar-refractivity contribution < 1.29 is 9.47 Å². The zero-order valence-corrected chi connectivity index (χ0v) is 13.7. The molecule has 0 bridgehead atoms. The van der Waals surface area contributed by atoms with Crippen LogP contribution in [0.1, 0.15) is 50.9 Å². The maximum absolute atomic E-state index is 8.71. The monoisotopic (exact) mass is 315 g/mol. The summed E-state index contributed by atoms with van der Waals surface area (Å²) in [6, 6.07) is 9.52. The Morgan fingerprint density at radius 2 is 2.09 bits per heavy atom. The predicted octanol–water partition coefficient (Wildman–Crippen LogP) is 5.31. The molecular weight excluding hydrogens is 290 g/mol. The van der Waals surface area contributed by atoms with Crippen LogP contribution < -0.4 is 0 Å². The van der Waals surface area contributed by atoms with Gasteiger partial charge in [-0.3, -0.25) is 0 Å². The number of azide groups is 1. The van der Waals surface area contributed by atoms with Gasteiger partial charge >= 0.3 is 0 Å². The minimum Gasteiger partial charge on any atom is -0.348 e. The first-order valence-corrected chi connectivity index (χ1v) is 8.38. The summed E-state index contributed by atoms with van der Waals surface area (Å²) in [5.74, 6) is 0. The summed E-state index contributed by atoms with van der Waals surface area (Å²) >= 11 is 0. The average molecular weight is 315 g/mol. The van der Waals surface area contributed by atoms with Crippen molar-refractivity contribution in [2.75, 3.05) is 6.61 Å². The Balaban J connectivity index is 1.94. The van der Waals surface area contributed by atoms with Crippen molar-refractivity contribution in [3.63, 3.8) is 0 Å². The highest BCUT2D eigenvalue weighted by atomic mass is 16.7. The van der Waals surface area contributed by atoms with Crippen LogP contribution in [0.2, 0.25) is 0 Å². The average Bonchev–Trinajstić information content (AvgIpc) is 2.60. The molecule has 3 atom stereocenters. The van der Waals surface area contributed by atoms with E-state index in [0.717, 1.165) is 12.0 Å². The van der Waals surface area contributed by atoms with E-state index in [1.807, 2.05) is 36.4 Å². The third kappa shape index (κ3) is 5.71. The molecule has 124 valence electrons. The van der Waals surface area contributed by atoms with Gasteiger partial charge in [0, 0.05) is 10.5 Å². The van der Waals surface area contributed by atoms with E-state index in [4.69, 9.17) is 15.0 Å².